The second kappa shape index (κ2) is 7.29. The van der Waals surface area contributed by atoms with Crippen LogP contribution in [0.25, 0.3) is 0 Å². The molecule has 0 amide bonds. The molecule has 0 atom stereocenters. The maximum absolute atomic E-state index is 13.4. The summed E-state index contributed by atoms with van der Waals surface area (Å²) in [6.07, 6.45) is 0. The Hall–Kier alpha value is -2.67. The Morgan fingerprint density at radius 2 is 1.08 bits per heavy atom. The Morgan fingerprint density at radius 1 is 0.615 bits per heavy atom. The SMILES string of the molecule is Cc1ccc(C(=O)C(c2ccc(C)c(C)c2)c2ccc(C)c(C)c2)cc1. The van der Waals surface area contributed by atoms with Gasteiger partial charge >= 0.3 is 0 Å². The maximum Gasteiger partial charge on any atom is 0.174 e. The van der Waals surface area contributed by atoms with Gasteiger partial charge in [0.2, 0.25) is 0 Å². The van der Waals surface area contributed by atoms with E-state index in [9.17, 15) is 4.79 Å². The van der Waals surface area contributed by atoms with E-state index in [1.54, 1.807) is 0 Å². The van der Waals surface area contributed by atoms with Crippen molar-refractivity contribution in [2.75, 3.05) is 0 Å². The zero-order valence-corrected chi connectivity index (χ0v) is 16.3. The molecule has 0 radical (unpaired) electrons. The number of carbonyl (C=O) groups excluding carboxylic acids is 1. The van der Waals surface area contributed by atoms with Crippen LogP contribution < -0.4 is 0 Å². The highest BCUT2D eigenvalue weighted by Gasteiger charge is 2.24. The molecule has 3 aromatic rings. The molecule has 0 aliphatic rings. The monoisotopic (exact) mass is 342 g/mol. The molecule has 0 aliphatic heterocycles. The first-order chi connectivity index (χ1) is 12.4. The van der Waals surface area contributed by atoms with Crippen molar-refractivity contribution >= 4 is 5.78 Å². The minimum absolute atomic E-state index is 0.150. The highest BCUT2D eigenvalue weighted by Crippen LogP contribution is 2.31. The molecule has 0 saturated carbocycles. The van der Waals surface area contributed by atoms with E-state index in [1.165, 1.54) is 22.3 Å². The number of aryl methyl sites for hydroxylation is 5. The van der Waals surface area contributed by atoms with Gasteiger partial charge in [-0.2, -0.15) is 0 Å². The van der Waals surface area contributed by atoms with Gasteiger partial charge in [0.15, 0.2) is 5.78 Å². The average molecular weight is 342 g/mol. The molecule has 0 unspecified atom stereocenters. The fourth-order valence-corrected chi connectivity index (χ4v) is 3.27. The molecule has 0 saturated heterocycles. The first kappa shape index (κ1) is 18.1. The number of hydrogen-bond donors (Lipinski definition) is 0. The van der Waals surface area contributed by atoms with Gasteiger partial charge in [-0.15, -0.1) is 0 Å². The van der Waals surface area contributed by atoms with E-state index < -0.39 is 0 Å². The standard InChI is InChI=1S/C25H26O/c1-16-6-10-21(11-7-16)25(26)24(22-12-8-17(2)19(4)14-22)23-13-9-18(3)20(5)15-23/h6-15,24H,1-5H3. The summed E-state index contributed by atoms with van der Waals surface area (Å²) < 4.78 is 0. The van der Waals surface area contributed by atoms with Gasteiger partial charge in [-0.25, -0.2) is 0 Å². The van der Waals surface area contributed by atoms with Crippen LogP contribution >= 0.6 is 0 Å². The van der Waals surface area contributed by atoms with Crippen molar-refractivity contribution in [3.63, 3.8) is 0 Å². The molecule has 0 bridgehead atoms. The van der Waals surface area contributed by atoms with Crippen molar-refractivity contribution in [2.24, 2.45) is 0 Å². The second-order valence-corrected chi connectivity index (χ2v) is 7.35. The number of hydrogen-bond acceptors (Lipinski definition) is 1. The normalized spacial score (nSPS) is 11.0. The Bertz CT molecular complexity index is 897. The third kappa shape index (κ3) is 3.62. The fourth-order valence-electron chi connectivity index (χ4n) is 3.27. The van der Waals surface area contributed by atoms with Crippen molar-refractivity contribution in [3.8, 4) is 0 Å². The number of Topliss-reactive ketones (excluding diaryl/α,β-unsaturated/α-hetero) is 1. The van der Waals surface area contributed by atoms with E-state index >= 15 is 0 Å². The summed E-state index contributed by atoms with van der Waals surface area (Å²) in [4.78, 5) is 13.4. The van der Waals surface area contributed by atoms with Crippen LogP contribution in [0.1, 0.15) is 55.2 Å². The molecule has 0 spiro atoms. The number of ketones is 1. The van der Waals surface area contributed by atoms with Crippen molar-refractivity contribution in [1.29, 1.82) is 0 Å². The smallest absolute Gasteiger partial charge is 0.174 e. The molecular weight excluding hydrogens is 316 g/mol. The average Bonchev–Trinajstić information content (AvgIpc) is 2.62. The summed E-state index contributed by atoms with van der Waals surface area (Å²) in [6, 6.07) is 20.6. The zero-order chi connectivity index (χ0) is 18.8. The molecular formula is C25H26O. The second-order valence-electron chi connectivity index (χ2n) is 7.35. The van der Waals surface area contributed by atoms with Crippen LogP contribution in [0.15, 0.2) is 60.7 Å². The maximum atomic E-state index is 13.4. The summed E-state index contributed by atoms with van der Waals surface area (Å²) in [7, 11) is 0. The Balaban J connectivity index is 2.14. The van der Waals surface area contributed by atoms with Crippen molar-refractivity contribution < 1.29 is 4.79 Å². The molecule has 0 N–H and O–H groups in total. The highest BCUT2D eigenvalue weighted by molar-refractivity contribution is 6.03. The van der Waals surface area contributed by atoms with Crippen LogP contribution in [0.2, 0.25) is 0 Å². The molecule has 132 valence electrons. The van der Waals surface area contributed by atoms with Crippen LogP contribution in [0.5, 0.6) is 0 Å². The lowest BCUT2D eigenvalue weighted by Gasteiger charge is -2.19. The molecule has 1 heteroatoms. The van der Waals surface area contributed by atoms with Crippen molar-refractivity contribution in [3.05, 3.63) is 105 Å². The van der Waals surface area contributed by atoms with Gasteiger partial charge in [0, 0.05) is 5.56 Å². The van der Waals surface area contributed by atoms with E-state index in [2.05, 4.69) is 64.1 Å². The van der Waals surface area contributed by atoms with Crippen LogP contribution in [0.3, 0.4) is 0 Å². The Kier molecular flexibility index (Phi) is 5.08. The van der Waals surface area contributed by atoms with Crippen molar-refractivity contribution in [1.82, 2.24) is 0 Å². The quantitative estimate of drug-likeness (QED) is 0.513. The van der Waals surface area contributed by atoms with Crippen LogP contribution in [0, 0.1) is 34.6 Å². The molecule has 0 aliphatic carbocycles. The molecule has 0 aromatic heterocycles. The lowest BCUT2D eigenvalue weighted by atomic mass is 9.83. The van der Waals surface area contributed by atoms with Crippen LogP contribution in [-0.4, -0.2) is 5.78 Å². The van der Waals surface area contributed by atoms with E-state index in [4.69, 9.17) is 0 Å². The summed E-state index contributed by atoms with van der Waals surface area (Å²) in [6.45, 7) is 10.5. The third-order valence-corrected chi connectivity index (χ3v) is 5.33. The minimum atomic E-state index is -0.281. The number of benzene rings is 3. The predicted octanol–water partition coefficient (Wildman–Crippen LogP) is 6.24. The fraction of sp³-hybridized carbons (Fsp3) is 0.240. The summed E-state index contributed by atoms with van der Waals surface area (Å²) in [5, 5.41) is 0. The summed E-state index contributed by atoms with van der Waals surface area (Å²) in [5.41, 5.74) is 8.96. The van der Waals surface area contributed by atoms with Gasteiger partial charge in [0.1, 0.15) is 0 Å². The van der Waals surface area contributed by atoms with E-state index in [0.29, 0.717) is 0 Å². The van der Waals surface area contributed by atoms with Gasteiger partial charge in [-0.3, -0.25) is 4.79 Å². The van der Waals surface area contributed by atoms with Crippen LogP contribution in [-0.2, 0) is 0 Å². The topological polar surface area (TPSA) is 17.1 Å². The molecule has 1 nitrogen and oxygen atoms in total. The molecule has 3 rings (SSSR count). The van der Waals surface area contributed by atoms with Crippen LogP contribution in [0.4, 0.5) is 0 Å². The number of carbonyl (C=O) groups is 1. The molecule has 3 aromatic carbocycles. The molecule has 0 fully saturated rings. The first-order valence-corrected chi connectivity index (χ1v) is 9.12. The summed E-state index contributed by atoms with van der Waals surface area (Å²) in [5.74, 6) is -0.132. The Labute approximate surface area is 156 Å². The first-order valence-electron chi connectivity index (χ1n) is 9.12. The zero-order valence-electron chi connectivity index (χ0n) is 16.3. The highest BCUT2D eigenvalue weighted by atomic mass is 16.1. The van der Waals surface area contributed by atoms with Gasteiger partial charge in [0.05, 0.1) is 5.92 Å². The lowest BCUT2D eigenvalue weighted by molar-refractivity contribution is 0.0974. The number of rotatable bonds is 4. The van der Waals surface area contributed by atoms with Gasteiger partial charge in [0.25, 0.3) is 0 Å². The van der Waals surface area contributed by atoms with Gasteiger partial charge in [-0.05, 0) is 68.0 Å². The van der Waals surface area contributed by atoms with E-state index in [0.717, 1.165) is 22.3 Å². The predicted molar refractivity (Wildman–Crippen MR) is 109 cm³/mol. The molecule has 26 heavy (non-hydrogen) atoms. The largest absolute Gasteiger partial charge is 0.293 e. The minimum Gasteiger partial charge on any atom is -0.293 e. The summed E-state index contributed by atoms with van der Waals surface area (Å²) >= 11 is 0. The van der Waals surface area contributed by atoms with E-state index in [1.807, 2.05) is 31.2 Å². The van der Waals surface area contributed by atoms with Gasteiger partial charge in [-0.1, -0.05) is 66.2 Å². The van der Waals surface area contributed by atoms with Crippen molar-refractivity contribution in [2.45, 2.75) is 40.5 Å². The Morgan fingerprint density at radius 3 is 1.50 bits per heavy atom. The third-order valence-electron chi connectivity index (χ3n) is 5.33. The lowest BCUT2D eigenvalue weighted by Crippen LogP contribution is -2.15. The molecule has 0 heterocycles. The van der Waals surface area contributed by atoms with Gasteiger partial charge < -0.3 is 0 Å². The van der Waals surface area contributed by atoms with E-state index in [-0.39, 0.29) is 11.7 Å².